The van der Waals surface area contributed by atoms with Gasteiger partial charge in [-0.2, -0.15) is 0 Å². The number of likely N-dealkylation sites (N-methyl/N-ethyl adjacent to an activating group) is 1. The fraction of sp³-hybridized carbons (Fsp3) is 0.714. The molecular formula is C14H26N4. The summed E-state index contributed by atoms with van der Waals surface area (Å²) in [5.41, 5.74) is 2.30. The molecule has 0 amide bonds. The Morgan fingerprint density at radius 2 is 1.94 bits per heavy atom. The van der Waals surface area contributed by atoms with Gasteiger partial charge in [-0.05, 0) is 26.6 Å². The van der Waals surface area contributed by atoms with Gasteiger partial charge in [0.2, 0.25) is 0 Å². The Balaban J connectivity index is 2.55. The average molecular weight is 250 g/mol. The van der Waals surface area contributed by atoms with Crippen molar-refractivity contribution in [2.45, 2.75) is 40.7 Å². The third-order valence-corrected chi connectivity index (χ3v) is 3.24. The van der Waals surface area contributed by atoms with Crippen molar-refractivity contribution in [2.24, 2.45) is 0 Å². The van der Waals surface area contributed by atoms with Gasteiger partial charge in [0.1, 0.15) is 5.82 Å². The predicted molar refractivity (Wildman–Crippen MR) is 75.6 cm³/mol. The van der Waals surface area contributed by atoms with Gasteiger partial charge < -0.3 is 10.2 Å². The molecule has 0 spiro atoms. The summed E-state index contributed by atoms with van der Waals surface area (Å²) in [7, 11) is 0. The van der Waals surface area contributed by atoms with Gasteiger partial charge in [-0.15, -0.1) is 0 Å². The molecule has 0 aliphatic carbocycles. The van der Waals surface area contributed by atoms with Crippen molar-refractivity contribution < 1.29 is 0 Å². The fourth-order valence-corrected chi connectivity index (χ4v) is 1.89. The molecule has 1 aromatic heterocycles. The molecule has 1 rings (SSSR count). The van der Waals surface area contributed by atoms with Gasteiger partial charge in [0.15, 0.2) is 0 Å². The van der Waals surface area contributed by atoms with Crippen LogP contribution in [0, 0.1) is 6.92 Å². The highest BCUT2D eigenvalue weighted by Crippen LogP contribution is 2.04. The maximum Gasteiger partial charge on any atom is 0.129 e. The summed E-state index contributed by atoms with van der Waals surface area (Å²) in [5, 5.41) is 3.31. The lowest BCUT2D eigenvalue weighted by Gasteiger charge is -2.17. The zero-order valence-electron chi connectivity index (χ0n) is 12.2. The molecule has 0 saturated carbocycles. The number of aryl methyl sites for hydroxylation is 1. The topological polar surface area (TPSA) is 41.1 Å². The molecule has 4 heteroatoms. The monoisotopic (exact) mass is 250 g/mol. The first-order valence-corrected chi connectivity index (χ1v) is 6.95. The van der Waals surface area contributed by atoms with Crippen LogP contribution in [0.15, 0.2) is 6.20 Å². The Hall–Kier alpha value is -1.00. The second-order valence-corrected chi connectivity index (χ2v) is 4.45. The second-order valence-electron chi connectivity index (χ2n) is 4.45. The molecule has 0 bridgehead atoms. The maximum atomic E-state index is 4.59. The van der Waals surface area contributed by atoms with Crippen LogP contribution >= 0.6 is 0 Å². The van der Waals surface area contributed by atoms with Crippen LogP contribution in [-0.4, -0.2) is 41.0 Å². The Labute approximate surface area is 111 Å². The summed E-state index contributed by atoms with van der Waals surface area (Å²) in [5.74, 6) is 0.958. The quantitative estimate of drug-likeness (QED) is 0.763. The third kappa shape index (κ3) is 4.70. The standard InChI is InChI=1S/C14H26N4/c1-5-15-10-13-11-16-14(17-12(13)4)8-9-18(6-2)7-3/h11,15H,5-10H2,1-4H3. The van der Waals surface area contributed by atoms with E-state index in [9.17, 15) is 0 Å². The first kappa shape index (κ1) is 15.1. The lowest BCUT2D eigenvalue weighted by Crippen LogP contribution is -2.26. The van der Waals surface area contributed by atoms with Crippen LogP contribution in [0.4, 0.5) is 0 Å². The minimum absolute atomic E-state index is 0.860. The molecule has 18 heavy (non-hydrogen) atoms. The van der Waals surface area contributed by atoms with Crippen molar-refractivity contribution >= 4 is 0 Å². The molecule has 1 N–H and O–H groups in total. The van der Waals surface area contributed by atoms with E-state index in [0.29, 0.717) is 0 Å². The van der Waals surface area contributed by atoms with Crippen molar-refractivity contribution in [3.8, 4) is 0 Å². The van der Waals surface area contributed by atoms with Gasteiger partial charge in [0.25, 0.3) is 0 Å². The summed E-state index contributed by atoms with van der Waals surface area (Å²) in [6, 6.07) is 0. The van der Waals surface area contributed by atoms with E-state index in [1.807, 2.05) is 6.20 Å². The van der Waals surface area contributed by atoms with E-state index in [1.54, 1.807) is 0 Å². The van der Waals surface area contributed by atoms with Crippen molar-refractivity contribution in [3.63, 3.8) is 0 Å². The van der Waals surface area contributed by atoms with Crippen LogP contribution in [0.25, 0.3) is 0 Å². The molecule has 0 aromatic carbocycles. The van der Waals surface area contributed by atoms with Gasteiger partial charge in [-0.25, -0.2) is 9.97 Å². The van der Waals surface area contributed by atoms with Crippen LogP contribution in [-0.2, 0) is 13.0 Å². The Bertz CT molecular complexity index is 348. The van der Waals surface area contributed by atoms with Crippen molar-refractivity contribution in [1.82, 2.24) is 20.2 Å². The molecule has 1 aromatic rings. The minimum atomic E-state index is 0.860. The second kappa shape index (κ2) is 8.16. The Kier molecular flexibility index (Phi) is 6.83. The number of hydrogen-bond acceptors (Lipinski definition) is 4. The first-order chi connectivity index (χ1) is 8.71. The maximum absolute atomic E-state index is 4.59. The van der Waals surface area contributed by atoms with E-state index in [4.69, 9.17) is 0 Å². The van der Waals surface area contributed by atoms with Crippen molar-refractivity contribution in [1.29, 1.82) is 0 Å². The van der Waals surface area contributed by atoms with E-state index in [-0.39, 0.29) is 0 Å². The zero-order valence-corrected chi connectivity index (χ0v) is 12.2. The number of nitrogens with one attached hydrogen (secondary N) is 1. The highest BCUT2D eigenvalue weighted by atomic mass is 15.1. The molecule has 4 nitrogen and oxygen atoms in total. The molecule has 0 aliphatic rings. The van der Waals surface area contributed by atoms with Gasteiger partial charge >= 0.3 is 0 Å². The Morgan fingerprint density at radius 1 is 1.22 bits per heavy atom. The van der Waals surface area contributed by atoms with Crippen LogP contribution in [0.3, 0.4) is 0 Å². The van der Waals surface area contributed by atoms with Crippen LogP contribution in [0.1, 0.15) is 37.9 Å². The van der Waals surface area contributed by atoms with E-state index in [0.717, 1.165) is 50.7 Å². The molecule has 102 valence electrons. The molecule has 0 fully saturated rings. The molecular weight excluding hydrogens is 224 g/mol. The van der Waals surface area contributed by atoms with Gasteiger partial charge in [0, 0.05) is 37.0 Å². The molecule has 0 atom stereocenters. The molecule has 0 radical (unpaired) electrons. The van der Waals surface area contributed by atoms with Gasteiger partial charge in [0.05, 0.1) is 0 Å². The molecule has 0 unspecified atom stereocenters. The highest BCUT2D eigenvalue weighted by molar-refractivity contribution is 5.16. The summed E-state index contributed by atoms with van der Waals surface area (Å²) in [6.45, 7) is 13.6. The number of hydrogen-bond donors (Lipinski definition) is 1. The Morgan fingerprint density at radius 3 is 2.50 bits per heavy atom. The predicted octanol–water partition coefficient (Wildman–Crippen LogP) is 1.78. The van der Waals surface area contributed by atoms with E-state index >= 15 is 0 Å². The average Bonchev–Trinajstić information content (AvgIpc) is 2.39. The summed E-state index contributed by atoms with van der Waals surface area (Å²) in [4.78, 5) is 11.4. The largest absolute Gasteiger partial charge is 0.313 e. The number of nitrogens with zero attached hydrogens (tertiary/aromatic N) is 3. The number of aromatic nitrogens is 2. The van der Waals surface area contributed by atoms with E-state index in [1.165, 1.54) is 5.56 Å². The smallest absolute Gasteiger partial charge is 0.129 e. The fourth-order valence-electron chi connectivity index (χ4n) is 1.89. The summed E-state index contributed by atoms with van der Waals surface area (Å²) >= 11 is 0. The van der Waals surface area contributed by atoms with E-state index in [2.05, 4.69) is 47.9 Å². The van der Waals surface area contributed by atoms with Crippen LogP contribution in [0.2, 0.25) is 0 Å². The first-order valence-electron chi connectivity index (χ1n) is 6.95. The van der Waals surface area contributed by atoms with Crippen LogP contribution < -0.4 is 5.32 Å². The van der Waals surface area contributed by atoms with Crippen molar-refractivity contribution in [3.05, 3.63) is 23.3 Å². The molecule has 0 aliphatic heterocycles. The lowest BCUT2D eigenvalue weighted by atomic mass is 10.2. The SMILES string of the molecule is CCNCc1cnc(CCN(CC)CC)nc1C. The summed E-state index contributed by atoms with van der Waals surface area (Å²) in [6.07, 6.45) is 2.90. The van der Waals surface area contributed by atoms with Crippen molar-refractivity contribution in [2.75, 3.05) is 26.2 Å². The van der Waals surface area contributed by atoms with Gasteiger partial charge in [-0.3, -0.25) is 0 Å². The molecule has 0 saturated heterocycles. The normalized spacial score (nSPS) is 11.2. The molecule has 1 heterocycles. The highest BCUT2D eigenvalue weighted by Gasteiger charge is 2.05. The summed E-state index contributed by atoms with van der Waals surface area (Å²) < 4.78 is 0. The van der Waals surface area contributed by atoms with E-state index < -0.39 is 0 Å². The third-order valence-electron chi connectivity index (χ3n) is 3.24. The van der Waals surface area contributed by atoms with Gasteiger partial charge in [-0.1, -0.05) is 20.8 Å². The zero-order chi connectivity index (χ0) is 13.4. The minimum Gasteiger partial charge on any atom is -0.313 e. The number of rotatable bonds is 8. The lowest BCUT2D eigenvalue weighted by molar-refractivity contribution is 0.305. The van der Waals surface area contributed by atoms with Crippen LogP contribution in [0.5, 0.6) is 0 Å².